The summed E-state index contributed by atoms with van der Waals surface area (Å²) in [6.45, 7) is 1.66. The number of allylic oxidation sites excluding steroid dienone is 3. The molecule has 2 heterocycles. The molecular formula is C15H14N2O3S. The Kier molecular flexibility index (Phi) is 3.06. The highest BCUT2D eigenvalue weighted by Gasteiger charge is 2.39. The summed E-state index contributed by atoms with van der Waals surface area (Å²) >= 11 is 0. The second kappa shape index (κ2) is 4.66. The Morgan fingerprint density at radius 3 is 2.86 bits per heavy atom. The minimum absolute atomic E-state index is 0.281. The van der Waals surface area contributed by atoms with Crippen LogP contribution >= 0.6 is 0 Å². The Balaban J connectivity index is 2.27. The van der Waals surface area contributed by atoms with Crippen molar-refractivity contribution in [3.8, 4) is 0 Å². The van der Waals surface area contributed by atoms with Crippen LogP contribution in [0.1, 0.15) is 23.7 Å². The summed E-state index contributed by atoms with van der Waals surface area (Å²) in [6, 6.07) is 3.37. The number of hydrogen-bond donors (Lipinski definition) is 0. The van der Waals surface area contributed by atoms with Gasteiger partial charge in [0.25, 0.3) is 0 Å². The Hall–Kier alpha value is -2.21. The highest BCUT2D eigenvalue weighted by Crippen LogP contribution is 2.31. The van der Waals surface area contributed by atoms with Gasteiger partial charge in [-0.25, -0.2) is 17.4 Å². The fourth-order valence-electron chi connectivity index (χ4n) is 2.46. The summed E-state index contributed by atoms with van der Waals surface area (Å²) in [5, 5.41) is 0.537. The number of rotatable bonds is 3. The molecule has 5 nitrogen and oxygen atoms in total. The lowest BCUT2D eigenvalue weighted by molar-refractivity contribution is 0.112. The van der Waals surface area contributed by atoms with Gasteiger partial charge in [-0.1, -0.05) is 24.3 Å². The first kappa shape index (κ1) is 13.8. The Labute approximate surface area is 122 Å². The highest BCUT2D eigenvalue weighted by molar-refractivity contribution is 7.91. The van der Waals surface area contributed by atoms with E-state index in [4.69, 9.17) is 0 Å². The van der Waals surface area contributed by atoms with Crippen LogP contribution in [0.4, 0.5) is 0 Å². The van der Waals surface area contributed by atoms with Gasteiger partial charge >= 0.3 is 0 Å². The van der Waals surface area contributed by atoms with Gasteiger partial charge in [0.1, 0.15) is 4.75 Å². The average molecular weight is 302 g/mol. The minimum atomic E-state index is -3.72. The zero-order valence-corrected chi connectivity index (χ0v) is 12.2. The molecule has 1 unspecified atom stereocenters. The van der Waals surface area contributed by atoms with Crippen molar-refractivity contribution < 1.29 is 13.2 Å². The van der Waals surface area contributed by atoms with Crippen LogP contribution in [0.2, 0.25) is 0 Å². The van der Waals surface area contributed by atoms with E-state index in [0.717, 1.165) is 3.97 Å². The second-order valence-electron chi connectivity index (χ2n) is 5.18. The lowest BCUT2D eigenvalue weighted by Crippen LogP contribution is -2.37. The van der Waals surface area contributed by atoms with Gasteiger partial charge in [-0.15, -0.1) is 0 Å². The third kappa shape index (κ3) is 1.94. The van der Waals surface area contributed by atoms with Crippen molar-refractivity contribution in [1.82, 2.24) is 8.96 Å². The quantitative estimate of drug-likeness (QED) is 0.816. The third-order valence-electron chi connectivity index (χ3n) is 3.76. The normalized spacial score (nSPS) is 21.8. The molecule has 0 aromatic carbocycles. The van der Waals surface area contributed by atoms with Gasteiger partial charge in [0.2, 0.25) is 10.0 Å². The van der Waals surface area contributed by atoms with E-state index in [1.807, 2.05) is 12.2 Å². The average Bonchev–Trinajstić information content (AvgIpc) is 2.87. The first-order chi connectivity index (χ1) is 9.99. The van der Waals surface area contributed by atoms with Crippen LogP contribution in [0.25, 0.3) is 11.0 Å². The van der Waals surface area contributed by atoms with Crippen molar-refractivity contribution in [2.45, 2.75) is 18.1 Å². The maximum absolute atomic E-state index is 13.0. The van der Waals surface area contributed by atoms with Gasteiger partial charge < -0.3 is 0 Å². The number of fused-ring (bicyclic) bond motifs is 1. The number of nitrogens with zero attached hydrogens (tertiary/aromatic N) is 2. The van der Waals surface area contributed by atoms with Crippen molar-refractivity contribution in [3.63, 3.8) is 0 Å². The molecule has 0 fully saturated rings. The number of carbonyl (C=O) groups is 1. The fraction of sp³-hybridized carbons (Fsp3) is 0.200. The SMILES string of the molecule is CC1(S(=O)(=O)n2cc(C=O)c3cccnc32)C=CC=CC1. The first-order valence-corrected chi connectivity index (χ1v) is 7.94. The molecule has 1 atom stereocenters. The van der Waals surface area contributed by atoms with Crippen molar-refractivity contribution in [3.05, 3.63) is 54.4 Å². The van der Waals surface area contributed by atoms with E-state index in [0.29, 0.717) is 23.7 Å². The molecule has 108 valence electrons. The number of pyridine rings is 1. The molecular weight excluding hydrogens is 288 g/mol. The largest absolute Gasteiger partial charge is 0.298 e. The number of aromatic nitrogens is 2. The van der Waals surface area contributed by atoms with E-state index in [9.17, 15) is 13.2 Å². The third-order valence-corrected chi connectivity index (χ3v) is 6.03. The van der Waals surface area contributed by atoms with Crippen LogP contribution < -0.4 is 0 Å². The van der Waals surface area contributed by atoms with Crippen molar-refractivity contribution in [1.29, 1.82) is 0 Å². The summed E-state index contributed by atoms with van der Waals surface area (Å²) in [5.74, 6) is 0. The predicted octanol–water partition coefficient (Wildman–Crippen LogP) is 2.30. The Morgan fingerprint density at radius 1 is 1.38 bits per heavy atom. The Bertz CT molecular complexity index is 877. The summed E-state index contributed by atoms with van der Waals surface area (Å²) in [6.07, 6.45) is 10.9. The van der Waals surface area contributed by atoms with Crippen molar-refractivity contribution >= 4 is 27.3 Å². The van der Waals surface area contributed by atoms with E-state index >= 15 is 0 Å². The van der Waals surface area contributed by atoms with Crippen molar-refractivity contribution in [2.24, 2.45) is 0 Å². The van der Waals surface area contributed by atoms with E-state index < -0.39 is 14.8 Å². The van der Waals surface area contributed by atoms with Crippen LogP contribution in [-0.4, -0.2) is 28.4 Å². The molecule has 1 aliphatic carbocycles. The molecule has 0 aliphatic heterocycles. The van der Waals surface area contributed by atoms with Crippen molar-refractivity contribution in [2.75, 3.05) is 0 Å². The molecule has 2 aromatic heterocycles. The van der Waals surface area contributed by atoms with Crippen LogP contribution in [-0.2, 0) is 10.0 Å². The molecule has 2 aromatic rings. The van der Waals surface area contributed by atoms with Gasteiger partial charge in [-0.3, -0.25) is 4.79 Å². The molecule has 0 amide bonds. The zero-order chi connectivity index (χ0) is 15.1. The molecule has 6 heteroatoms. The predicted molar refractivity (Wildman–Crippen MR) is 80.7 cm³/mol. The summed E-state index contributed by atoms with van der Waals surface area (Å²) in [7, 11) is -3.72. The Morgan fingerprint density at radius 2 is 2.19 bits per heavy atom. The monoisotopic (exact) mass is 302 g/mol. The van der Waals surface area contributed by atoms with Crippen LogP contribution in [0.15, 0.2) is 48.8 Å². The van der Waals surface area contributed by atoms with Gasteiger partial charge in [-0.05, 0) is 25.5 Å². The van der Waals surface area contributed by atoms with E-state index in [1.165, 1.54) is 12.4 Å². The molecule has 0 N–H and O–H groups in total. The zero-order valence-electron chi connectivity index (χ0n) is 11.4. The highest BCUT2D eigenvalue weighted by atomic mass is 32.2. The van der Waals surface area contributed by atoms with Crippen LogP contribution in [0.3, 0.4) is 0 Å². The minimum Gasteiger partial charge on any atom is -0.298 e. The molecule has 1 aliphatic rings. The topological polar surface area (TPSA) is 69.0 Å². The standard InChI is InChI=1S/C15H14N2O3S/c1-15(7-3-2-4-8-15)21(19,20)17-10-12(11-18)13-6-5-9-16-14(13)17/h2-7,9-11H,8H2,1H3. The number of aldehydes is 1. The molecule has 3 rings (SSSR count). The summed E-state index contributed by atoms with van der Waals surface area (Å²) in [5.41, 5.74) is 0.601. The van der Waals surface area contributed by atoms with Gasteiger partial charge in [0.15, 0.2) is 11.9 Å². The molecule has 0 radical (unpaired) electrons. The summed E-state index contributed by atoms with van der Waals surface area (Å²) in [4.78, 5) is 15.3. The first-order valence-electron chi connectivity index (χ1n) is 6.50. The molecule has 0 spiro atoms. The smallest absolute Gasteiger partial charge is 0.249 e. The maximum atomic E-state index is 13.0. The lowest BCUT2D eigenvalue weighted by atomic mass is 10.0. The summed E-state index contributed by atoms with van der Waals surface area (Å²) < 4.78 is 26.0. The van der Waals surface area contributed by atoms with Gasteiger partial charge in [0.05, 0.1) is 0 Å². The lowest BCUT2D eigenvalue weighted by Gasteiger charge is -2.26. The van der Waals surface area contributed by atoms with Gasteiger partial charge in [-0.2, -0.15) is 0 Å². The fourth-order valence-corrected chi connectivity index (χ4v) is 4.09. The second-order valence-corrected chi connectivity index (χ2v) is 7.46. The molecule has 21 heavy (non-hydrogen) atoms. The number of carbonyl (C=O) groups excluding carboxylic acids is 1. The van der Waals surface area contributed by atoms with Crippen LogP contribution in [0.5, 0.6) is 0 Å². The molecule has 0 saturated heterocycles. The molecule has 0 saturated carbocycles. The molecule has 0 bridgehead atoms. The van der Waals surface area contributed by atoms with Crippen LogP contribution in [0, 0.1) is 0 Å². The number of hydrogen-bond acceptors (Lipinski definition) is 4. The van der Waals surface area contributed by atoms with E-state index in [1.54, 1.807) is 31.2 Å². The van der Waals surface area contributed by atoms with Gasteiger partial charge in [0, 0.05) is 23.3 Å². The maximum Gasteiger partial charge on any atom is 0.249 e. The van der Waals surface area contributed by atoms with E-state index in [2.05, 4.69) is 4.98 Å². The van der Waals surface area contributed by atoms with E-state index in [-0.39, 0.29) is 5.65 Å².